The quantitative estimate of drug-likeness (QED) is 0.782. The Bertz CT molecular complexity index is 328. The van der Waals surface area contributed by atoms with E-state index in [1.165, 1.54) is 11.3 Å². The number of carbonyl (C=O) groups is 1. The molecule has 1 amide bonds. The molecule has 1 N–H and O–H groups in total. The van der Waals surface area contributed by atoms with E-state index in [4.69, 9.17) is 4.74 Å². The number of hydrogen-bond donors (Lipinski definition) is 1. The maximum atomic E-state index is 11.3. The monoisotopic (exact) mass is 214 g/mol. The summed E-state index contributed by atoms with van der Waals surface area (Å²) in [6, 6.07) is 0. The Kier molecular flexibility index (Phi) is 3.10. The largest absolute Gasteiger partial charge is 0.444 e. The number of nitrogens with one attached hydrogen (secondary N) is 1. The lowest BCUT2D eigenvalue weighted by atomic mass is 10.2. The zero-order valence-corrected chi connectivity index (χ0v) is 9.57. The molecule has 0 radical (unpaired) electrons. The molecule has 0 atom stereocenters. The summed E-state index contributed by atoms with van der Waals surface area (Å²) < 4.78 is 5.07. The Balaban J connectivity index is 2.50. The predicted molar refractivity (Wildman–Crippen MR) is 56.7 cm³/mol. The van der Waals surface area contributed by atoms with E-state index in [2.05, 4.69) is 10.3 Å². The van der Waals surface area contributed by atoms with Gasteiger partial charge in [0, 0.05) is 5.38 Å². The van der Waals surface area contributed by atoms with Gasteiger partial charge in [0.15, 0.2) is 0 Å². The third-order valence-corrected chi connectivity index (χ3v) is 2.02. The van der Waals surface area contributed by atoms with E-state index in [1.54, 1.807) is 5.38 Å². The minimum Gasteiger partial charge on any atom is -0.444 e. The normalized spacial score (nSPS) is 11.1. The molecule has 0 saturated carbocycles. The molecule has 1 heterocycles. The standard InChI is InChI=1S/C9H14N2O2S/c1-6-10-7(5-14-6)11-8(12)13-9(2,3)4/h5H,1-4H3,(H,11,12). The Hall–Kier alpha value is -1.10. The fraction of sp³-hybridized carbons (Fsp3) is 0.556. The van der Waals surface area contributed by atoms with Crippen molar-refractivity contribution in [3.8, 4) is 0 Å². The Morgan fingerprint density at radius 3 is 2.64 bits per heavy atom. The van der Waals surface area contributed by atoms with Crippen molar-refractivity contribution in [1.29, 1.82) is 0 Å². The van der Waals surface area contributed by atoms with Crippen LogP contribution in [0.2, 0.25) is 0 Å². The number of hydrogen-bond acceptors (Lipinski definition) is 4. The van der Waals surface area contributed by atoms with Crippen molar-refractivity contribution in [2.45, 2.75) is 33.3 Å². The van der Waals surface area contributed by atoms with Crippen molar-refractivity contribution in [2.24, 2.45) is 0 Å². The van der Waals surface area contributed by atoms with Gasteiger partial charge in [-0.25, -0.2) is 9.78 Å². The molecule has 1 aromatic heterocycles. The molecule has 0 fully saturated rings. The maximum Gasteiger partial charge on any atom is 0.413 e. The highest BCUT2D eigenvalue weighted by Crippen LogP contribution is 2.14. The summed E-state index contributed by atoms with van der Waals surface area (Å²) in [5, 5.41) is 5.25. The highest BCUT2D eigenvalue weighted by molar-refractivity contribution is 7.09. The van der Waals surface area contributed by atoms with E-state index in [9.17, 15) is 4.79 Å². The van der Waals surface area contributed by atoms with Gasteiger partial charge in [0.1, 0.15) is 11.4 Å². The summed E-state index contributed by atoms with van der Waals surface area (Å²) in [6.07, 6.45) is -0.470. The van der Waals surface area contributed by atoms with Crippen LogP contribution in [0.25, 0.3) is 0 Å². The van der Waals surface area contributed by atoms with Crippen molar-refractivity contribution >= 4 is 23.2 Å². The van der Waals surface area contributed by atoms with Gasteiger partial charge in [-0.15, -0.1) is 11.3 Å². The van der Waals surface area contributed by atoms with E-state index in [0.717, 1.165) is 5.01 Å². The van der Waals surface area contributed by atoms with Crippen LogP contribution >= 0.6 is 11.3 Å². The zero-order chi connectivity index (χ0) is 10.8. The lowest BCUT2D eigenvalue weighted by Gasteiger charge is -2.18. The van der Waals surface area contributed by atoms with Crippen LogP contribution < -0.4 is 5.32 Å². The van der Waals surface area contributed by atoms with Gasteiger partial charge in [-0.3, -0.25) is 5.32 Å². The SMILES string of the molecule is Cc1nc(NC(=O)OC(C)(C)C)cs1. The maximum absolute atomic E-state index is 11.3. The molecule has 1 rings (SSSR count). The van der Waals surface area contributed by atoms with E-state index >= 15 is 0 Å². The van der Waals surface area contributed by atoms with Gasteiger partial charge >= 0.3 is 6.09 Å². The average molecular weight is 214 g/mol. The number of ether oxygens (including phenoxy) is 1. The molecule has 4 nitrogen and oxygen atoms in total. The molecule has 0 aromatic carbocycles. The number of amides is 1. The molecule has 0 aliphatic rings. The minimum atomic E-state index is -0.477. The van der Waals surface area contributed by atoms with Crippen LogP contribution in [-0.2, 0) is 4.74 Å². The van der Waals surface area contributed by atoms with Crippen molar-refractivity contribution in [1.82, 2.24) is 4.98 Å². The first-order valence-electron chi connectivity index (χ1n) is 4.29. The summed E-state index contributed by atoms with van der Waals surface area (Å²) in [4.78, 5) is 15.4. The fourth-order valence-electron chi connectivity index (χ4n) is 0.829. The van der Waals surface area contributed by atoms with Crippen molar-refractivity contribution in [3.63, 3.8) is 0 Å². The highest BCUT2D eigenvalue weighted by Gasteiger charge is 2.16. The van der Waals surface area contributed by atoms with Crippen LogP contribution in [0.1, 0.15) is 25.8 Å². The van der Waals surface area contributed by atoms with Crippen LogP contribution in [0.5, 0.6) is 0 Å². The number of aromatic nitrogens is 1. The van der Waals surface area contributed by atoms with Gasteiger partial charge in [0.25, 0.3) is 0 Å². The summed E-state index contributed by atoms with van der Waals surface area (Å²) in [5.74, 6) is 0.543. The van der Waals surface area contributed by atoms with Crippen molar-refractivity contribution in [3.05, 3.63) is 10.4 Å². The third-order valence-electron chi connectivity index (χ3n) is 1.25. The van der Waals surface area contributed by atoms with Crippen LogP contribution in [0.15, 0.2) is 5.38 Å². The summed E-state index contributed by atoms with van der Waals surface area (Å²) in [5.41, 5.74) is -0.477. The molecule has 0 unspecified atom stereocenters. The molecule has 0 aliphatic carbocycles. The molecule has 5 heteroatoms. The molecule has 14 heavy (non-hydrogen) atoms. The molecule has 0 aliphatic heterocycles. The molecule has 0 bridgehead atoms. The molecule has 1 aromatic rings. The smallest absolute Gasteiger partial charge is 0.413 e. The number of nitrogens with zero attached hydrogens (tertiary/aromatic N) is 1. The lowest BCUT2D eigenvalue weighted by molar-refractivity contribution is 0.0635. The molecular formula is C9H14N2O2S. The number of rotatable bonds is 1. The fourth-order valence-corrected chi connectivity index (χ4v) is 1.37. The number of thiazole rings is 1. The van der Waals surface area contributed by atoms with Gasteiger partial charge in [-0.1, -0.05) is 0 Å². The molecular weight excluding hydrogens is 200 g/mol. The summed E-state index contributed by atoms with van der Waals surface area (Å²) in [7, 11) is 0. The first-order chi connectivity index (χ1) is 6.37. The van der Waals surface area contributed by atoms with Crippen molar-refractivity contribution in [2.75, 3.05) is 5.32 Å². The van der Waals surface area contributed by atoms with E-state index < -0.39 is 11.7 Å². The van der Waals surface area contributed by atoms with Gasteiger partial charge in [0.2, 0.25) is 0 Å². The van der Waals surface area contributed by atoms with Crippen LogP contribution in [0.3, 0.4) is 0 Å². The summed E-state index contributed by atoms with van der Waals surface area (Å²) >= 11 is 1.48. The van der Waals surface area contributed by atoms with Gasteiger partial charge < -0.3 is 4.74 Å². The summed E-state index contributed by atoms with van der Waals surface area (Å²) in [6.45, 7) is 7.33. The second-order valence-corrected chi connectivity index (χ2v) is 4.94. The second-order valence-electron chi connectivity index (χ2n) is 3.88. The molecule has 78 valence electrons. The minimum absolute atomic E-state index is 0.470. The van der Waals surface area contributed by atoms with E-state index in [1.807, 2.05) is 27.7 Å². The van der Waals surface area contributed by atoms with Gasteiger partial charge in [-0.05, 0) is 27.7 Å². The van der Waals surface area contributed by atoms with E-state index in [0.29, 0.717) is 5.82 Å². The number of anilines is 1. The Labute approximate surface area is 87.3 Å². The number of carbonyl (C=O) groups excluding carboxylic acids is 1. The zero-order valence-electron chi connectivity index (χ0n) is 8.75. The molecule has 0 spiro atoms. The van der Waals surface area contributed by atoms with Crippen LogP contribution in [-0.4, -0.2) is 16.7 Å². The van der Waals surface area contributed by atoms with Crippen LogP contribution in [0, 0.1) is 6.92 Å². The first-order valence-corrected chi connectivity index (χ1v) is 5.17. The Morgan fingerprint density at radius 2 is 2.21 bits per heavy atom. The number of aryl methyl sites for hydroxylation is 1. The van der Waals surface area contributed by atoms with E-state index in [-0.39, 0.29) is 0 Å². The topological polar surface area (TPSA) is 51.2 Å². The highest BCUT2D eigenvalue weighted by atomic mass is 32.1. The van der Waals surface area contributed by atoms with Crippen LogP contribution in [0.4, 0.5) is 10.6 Å². The predicted octanol–water partition coefficient (Wildman–Crippen LogP) is 2.80. The third kappa shape index (κ3) is 3.74. The van der Waals surface area contributed by atoms with Gasteiger partial charge in [-0.2, -0.15) is 0 Å². The van der Waals surface area contributed by atoms with Gasteiger partial charge in [0.05, 0.1) is 5.01 Å². The lowest BCUT2D eigenvalue weighted by Crippen LogP contribution is -2.27. The molecule has 0 saturated heterocycles. The van der Waals surface area contributed by atoms with Crippen molar-refractivity contribution < 1.29 is 9.53 Å². The average Bonchev–Trinajstić information content (AvgIpc) is 2.30. The Morgan fingerprint density at radius 1 is 1.57 bits per heavy atom. The second kappa shape index (κ2) is 3.96. The first kappa shape index (κ1) is 11.0.